The molecule has 1 unspecified atom stereocenters. The monoisotopic (exact) mass is 465 g/mol. The number of piperidine rings is 1. The second-order valence-electron chi connectivity index (χ2n) is 7.90. The quantitative estimate of drug-likeness (QED) is 0.460. The van der Waals surface area contributed by atoms with Gasteiger partial charge in [0.15, 0.2) is 4.96 Å². The maximum absolute atomic E-state index is 13.5. The van der Waals surface area contributed by atoms with E-state index in [1.807, 2.05) is 33.9 Å². The Bertz CT molecular complexity index is 1270. The molecule has 2 amide bonds. The van der Waals surface area contributed by atoms with Crippen LogP contribution >= 0.6 is 11.3 Å². The molecule has 3 aromatic heterocycles. The Balaban J connectivity index is 1.44. The summed E-state index contributed by atoms with van der Waals surface area (Å²) in [6.07, 6.45) is 5.53. The zero-order chi connectivity index (χ0) is 22.8. The van der Waals surface area contributed by atoms with Crippen LogP contribution in [-0.4, -0.2) is 56.0 Å². The minimum atomic E-state index is -0.288. The maximum atomic E-state index is 13.5. The number of hydrogen-bond acceptors (Lipinski definition) is 6. The van der Waals surface area contributed by atoms with E-state index < -0.39 is 0 Å². The number of fused-ring (bicyclic) bond motifs is 1. The SMILES string of the molecule is CCNC(=O)N1CCCC(Nc2nccc(-c3c(-c4ccc(F)cc4)nc4sccn34)n2)C1. The molecule has 33 heavy (non-hydrogen) atoms. The second-order valence-corrected chi connectivity index (χ2v) is 8.77. The molecule has 0 aliphatic carbocycles. The van der Waals surface area contributed by atoms with E-state index in [2.05, 4.69) is 15.6 Å². The van der Waals surface area contributed by atoms with Gasteiger partial charge in [-0.25, -0.2) is 24.1 Å². The molecule has 0 bridgehead atoms. The standard InChI is InChI=1S/C23H24FN7OS/c1-2-25-22(32)30-11-3-4-17(14-30)27-21-26-10-9-18(28-21)20-19(15-5-7-16(24)8-6-15)29-23-31(20)12-13-33-23/h5-10,12-13,17H,2-4,11,14H2,1H3,(H,25,32)(H,26,27,28). The number of aromatic nitrogens is 4. The van der Waals surface area contributed by atoms with Gasteiger partial charge in [-0.2, -0.15) is 0 Å². The van der Waals surface area contributed by atoms with E-state index in [1.165, 1.54) is 23.5 Å². The summed E-state index contributed by atoms with van der Waals surface area (Å²) >= 11 is 1.53. The molecule has 4 aromatic rings. The van der Waals surface area contributed by atoms with Crippen LogP contribution in [0.2, 0.25) is 0 Å². The van der Waals surface area contributed by atoms with E-state index >= 15 is 0 Å². The predicted molar refractivity (Wildman–Crippen MR) is 127 cm³/mol. The van der Waals surface area contributed by atoms with Crippen molar-refractivity contribution < 1.29 is 9.18 Å². The number of anilines is 1. The van der Waals surface area contributed by atoms with Crippen molar-refractivity contribution in [2.45, 2.75) is 25.8 Å². The smallest absolute Gasteiger partial charge is 0.317 e. The summed E-state index contributed by atoms with van der Waals surface area (Å²) in [6.45, 7) is 3.87. The van der Waals surface area contributed by atoms with Gasteiger partial charge >= 0.3 is 6.03 Å². The fraction of sp³-hybridized carbons (Fsp3) is 0.304. The van der Waals surface area contributed by atoms with Gasteiger partial charge in [-0.05, 0) is 50.1 Å². The highest BCUT2D eigenvalue weighted by atomic mass is 32.1. The van der Waals surface area contributed by atoms with E-state index in [4.69, 9.17) is 9.97 Å². The van der Waals surface area contributed by atoms with Crippen molar-refractivity contribution in [3.8, 4) is 22.6 Å². The summed E-state index contributed by atoms with van der Waals surface area (Å²) < 4.78 is 15.5. The molecular formula is C23H24FN7OS. The largest absolute Gasteiger partial charge is 0.350 e. The van der Waals surface area contributed by atoms with E-state index in [0.717, 1.165) is 41.3 Å². The van der Waals surface area contributed by atoms with Crippen LogP contribution in [-0.2, 0) is 0 Å². The van der Waals surface area contributed by atoms with E-state index in [-0.39, 0.29) is 17.9 Å². The summed E-state index contributed by atoms with van der Waals surface area (Å²) in [5.74, 6) is 0.217. The van der Waals surface area contributed by atoms with Crippen molar-refractivity contribution in [3.05, 3.63) is 53.9 Å². The van der Waals surface area contributed by atoms with Crippen molar-refractivity contribution in [1.29, 1.82) is 0 Å². The third-order valence-corrected chi connectivity index (χ3v) is 6.40. The van der Waals surface area contributed by atoms with Gasteiger partial charge in [0.1, 0.15) is 11.5 Å². The van der Waals surface area contributed by atoms with Crippen LogP contribution in [0.15, 0.2) is 48.1 Å². The van der Waals surface area contributed by atoms with Gasteiger partial charge in [0.05, 0.1) is 11.4 Å². The Kier molecular flexibility index (Phi) is 5.91. The molecule has 0 spiro atoms. The Labute approximate surface area is 194 Å². The molecule has 1 fully saturated rings. The predicted octanol–water partition coefficient (Wildman–Crippen LogP) is 4.26. The number of halogens is 1. The number of benzene rings is 1. The summed E-state index contributed by atoms with van der Waals surface area (Å²) in [5, 5.41) is 8.23. The van der Waals surface area contributed by atoms with Crippen LogP contribution in [0.25, 0.3) is 27.6 Å². The van der Waals surface area contributed by atoms with Crippen LogP contribution in [0, 0.1) is 5.82 Å². The minimum Gasteiger partial charge on any atom is -0.350 e. The van der Waals surface area contributed by atoms with Gasteiger partial charge < -0.3 is 15.5 Å². The number of carbonyl (C=O) groups is 1. The molecule has 1 aromatic carbocycles. The molecule has 1 saturated heterocycles. The first-order valence-electron chi connectivity index (χ1n) is 11.0. The number of thiazole rings is 1. The van der Waals surface area contributed by atoms with Crippen molar-refractivity contribution in [1.82, 2.24) is 29.6 Å². The Morgan fingerprint density at radius 2 is 2.09 bits per heavy atom. The topological polar surface area (TPSA) is 87.5 Å². The molecule has 0 radical (unpaired) electrons. The molecule has 4 heterocycles. The highest BCUT2D eigenvalue weighted by Gasteiger charge is 2.24. The molecule has 8 nitrogen and oxygen atoms in total. The highest BCUT2D eigenvalue weighted by Crippen LogP contribution is 2.33. The fourth-order valence-corrected chi connectivity index (χ4v) is 4.84. The Morgan fingerprint density at radius 3 is 2.91 bits per heavy atom. The molecular weight excluding hydrogens is 441 g/mol. The summed E-state index contributed by atoms with van der Waals surface area (Å²) in [6, 6.07) is 8.20. The molecule has 1 aliphatic rings. The fourth-order valence-electron chi connectivity index (χ4n) is 4.12. The molecule has 0 saturated carbocycles. The summed E-state index contributed by atoms with van der Waals surface area (Å²) in [5.41, 5.74) is 3.11. The number of urea groups is 1. The molecule has 1 aliphatic heterocycles. The number of amides is 2. The van der Waals surface area contributed by atoms with Crippen molar-refractivity contribution >= 4 is 28.3 Å². The van der Waals surface area contributed by atoms with Crippen LogP contribution in [0.3, 0.4) is 0 Å². The zero-order valence-corrected chi connectivity index (χ0v) is 19.0. The van der Waals surface area contributed by atoms with Crippen molar-refractivity contribution in [2.75, 3.05) is 25.0 Å². The van der Waals surface area contributed by atoms with Gasteiger partial charge in [-0.15, -0.1) is 11.3 Å². The minimum absolute atomic E-state index is 0.0401. The number of hydrogen-bond donors (Lipinski definition) is 2. The molecule has 10 heteroatoms. The Morgan fingerprint density at radius 1 is 1.24 bits per heavy atom. The average Bonchev–Trinajstić information content (AvgIpc) is 3.41. The number of imidazole rings is 1. The first-order chi connectivity index (χ1) is 16.1. The van der Waals surface area contributed by atoms with Crippen LogP contribution in [0.1, 0.15) is 19.8 Å². The van der Waals surface area contributed by atoms with Gasteiger partial charge in [0, 0.05) is 49.0 Å². The number of likely N-dealkylation sites (tertiary alicyclic amines) is 1. The number of carbonyl (C=O) groups excluding carboxylic acids is 1. The lowest BCUT2D eigenvalue weighted by atomic mass is 10.1. The molecule has 2 N–H and O–H groups in total. The van der Waals surface area contributed by atoms with Gasteiger partial charge in [0.25, 0.3) is 0 Å². The number of rotatable bonds is 5. The molecule has 5 rings (SSSR count). The normalized spacial score (nSPS) is 16.2. The van der Waals surface area contributed by atoms with Gasteiger partial charge in [-0.1, -0.05) is 0 Å². The van der Waals surface area contributed by atoms with Crippen LogP contribution < -0.4 is 10.6 Å². The number of nitrogens with zero attached hydrogens (tertiary/aromatic N) is 5. The molecule has 1 atom stereocenters. The summed E-state index contributed by atoms with van der Waals surface area (Å²) in [7, 11) is 0. The first-order valence-corrected chi connectivity index (χ1v) is 11.8. The lowest BCUT2D eigenvalue weighted by molar-refractivity contribution is 0.183. The zero-order valence-electron chi connectivity index (χ0n) is 18.2. The van der Waals surface area contributed by atoms with Crippen molar-refractivity contribution in [3.63, 3.8) is 0 Å². The summed E-state index contributed by atoms with van der Waals surface area (Å²) in [4.78, 5) is 28.8. The van der Waals surface area contributed by atoms with E-state index in [9.17, 15) is 9.18 Å². The Hall–Kier alpha value is -3.53. The third-order valence-electron chi connectivity index (χ3n) is 5.65. The number of nitrogens with one attached hydrogen (secondary N) is 2. The third kappa shape index (κ3) is 4.38. The van der Waals surface area contributed by atoms with Crippen molar-refractivity contribution in [2.24, 2.45) is 0 Å². The second kappa shape index (κ2) is 9.14. The van der Waals surface area contributed by atoms with E-state index in [0.29, 0.717) is 24.7 Å². The molecule has 170 valence electrons. The average molecular weight is 466 g/mol. The highest BCUT2D eigenvalue weighted by molar-refractivity contribution is 7.15. The lowest BCUT2D eigenvalue weighted by Gasteiger charge is -2.33. The van der Waals surface area contributed by atoms with Crippen LogP contribution in [0.4, 0.5) is 15.1 Å². The van der Waals surface area contributed by atoms with Gasteiger partial charge in [-0.3, -0.25) is 4.40 Å². The lowest BCUT2D eigenvalue weighted by Crippen LogP contribution is -2.49. The van der Waals surface area contributed by atoms with E-state index in [1.54, 1.807) is 18.3 Å². The first kappa shape index (κ1) is 21.3. The maximum Gasteiger partial charge on any atom is 0.317 e. The van der Waals surface area contributed by atoms with Gasteiger partial charge in [0.2, 0.25) is 5.95 Å². The van der Waals surface area contributed by atoms with Crippen LogP contribution in [0.5, 0.6) is 0 Å².